The molecule has 2 amide bonds. The molecule has 2 bridgehead atoms. The Kier molecular flexibility index (Phi) is 6.85. The highest BCUT2D eigenvalue weighted by molar-refractivity contribution is 5.93. The molecule has 2 unspecified atom stereocenters. The molecule has 0 spiro atoms. The molecular formula is C30H32FN3O5. The first-order chi connectivity index (χ1) is 18.9. The van der Waals surface area contributed by atoms with Crippen molar-refractivity contribution in [3.8, 4) is 11.3 Å². The van der Waals surface area contributed by atoms with E-state index in [1.165, 1.54) is 19.2 Å². The number of aromatic nitrogens is 1. The Hall–Kier alpha value is -3.72. The maximum Gasteiger partial charge on any atom is 0.337 e. The number of esters is 1. The second kappa shape index (κ2) is 10.4. The van der Waals surface area contributed by atoms with E-state index in [0.29, 0.717) is 12.5 Å². The number of rotatable bonds is 7. The van der Waals surface area contributed by atoms with Crippen LogP contribution in [0.15, 0.2) is 47.0 Å². The van der Waals surface area contributed by atoms with Crippen molar-refractivity contribution in [2.45, 2.75) is 76.2 Å². The van der Waals surface area contributed by atoms with Crippen molar-refractivity contribution in [2.75, 3.05) is 12.4 Å². The summed E-state index contributed by atoms with van der Waals surface area (Å²) in [4.78, 5) is 26.7. The summed E-state index contributed by atoms with van der Waals surface area (Å²) in [6.07, 6.45) is 5.44. The normalized spacial score (nSPS) is 22.1. The number of methoxy groups -OCH3 is 1. The molecule has 3 aromatic rings. The number of hydrogen-bond acceptors (Lipinski definition) is 6. The lowest BCUT2D eigenvalue weighted by Gasteiger charge is -2.38. The molecule has 6 rings (SSSR count). The summed E-state index contributed by atoms with van der Waals surface area (Å²) in [5, 5.41) is 7.13. The topological polar surface area (TPSA) is 93.9 Å². The van der Waals surface area contributed by atoms with Crippen molar-refractivity contribution >= 4 is 17.7 Å². The van der Waals surface area contributed by atoms with Gasteiger partial charge in [-0.2, -0.15) is 0 Å². The summed E-state index contributed by atoms with van der Waals surface area (Å²) < 4.78 is 31.5. The number of carbonyl (C=O) groups excluding carboxylic acids is 2. The highest BCUT2D eigenvalue weighted by Gasteiger charge is 2.44. The Morgan fingerprint density at radius 2 is 1.85 bits per heavy atom. The first-order valence-electron chi connectivity index (χ1n) is 13.6. The summed E-state index contributed by atoms with van der Waals surface area (Å²) in [6.45, 7) is 2.50. The van der Waals surface area contributed by atoms with Gasteiger partial charge in [0.15, 0.2) is 0 Å². The molecule has 2 aliphatic heterocycles. The molecule has 2 aromatic carbocycles. The van der Waals surface area contributed by atoms with E-state index in [1.807, 2.05) is 17.0 Å². The summed E-state index contributed by atoms with van der Waals surface area (Å²) in [5.41, 5.74) is 4.22. The smallest absolute Gasteiger partial charge is 0.337 e. The largest absolute Gasteiger partial charge is 0.465 e. The van der Waals surface area contributed by atoms with Crippen molar-refractivity contribution < 1.29 is 28.0 Å². The predicted octanol–water partition coefficient (Wildman–Crippen LogP) is 6.20. The minimum absolute atomic E-state index is 0.00861. The van der Waals surface area contributed by atoms with Gasteiger partial charge in [-0.05, 0) is 69.2 Å². The van der Waals surface area contributed by atoms with Crippen LogP contribution >= 0.6 is 0 Å². The molecule has 204 valence electrons. The molecule has 39 heavy (non-hydrogen) atoms. The van der Waals surface area contributed by atoms with Crippen molar-refractivity contribution in [3.63, 3.8) is 0 Å². The third-order valence-electron chi connectivity index (χ3n) is 8.19. The zero-order valence-electron chi connectivity index (χ0n) is 22.1. The van der Waals surface area contributed by atoms with Crippen LogP contribution in [0.3, 0.4) is 0 Å². The van der Waals surface area contributed by atoms with Crippen LogP contribution in [0.1, 0.15) is 71.7 Å². The van der Waals surface area contributed by atoms with E-state index in [-0.39, 0.29) is 35.5 Å². The first kappa shape index (κ1) is 25.6. The molecule has 2 atom stereocenters. The number of nitrogens with one attached hydrogen (secondary N) is 1. The van der Waals surface area contributed by atoms with Crippen LogP contribution < -0.4 is 5.32 Å². The van der Waals surface area contributed by atoms with Crippen LogP contribution in [0, 0.1) is 12.7 Å². The highest BCUT2D eigenvalue weighted by Crippen LogP contribution is 2.45. The number of nitrogens with zero attached hydrogens (tertiary/aromatic N) is 2. The number of piperidine rings is 1. The van der Waals surface area contributed by atoms with Crippen LogP contribution in [0.2, 0.25) is 0 Å². The average molecular weight is 534 g/mol. The highest BCUT2D eigenvalue weighted by atomic mass is 19.1. The molecule has 3 heterocycles. The number of carbonyl (C=O) groups is 2. The Bertz CT molecular complexity index is 1390. The van der Waals surface area contributed by atoms with Gasteiger partial charge in [0.25, 0.3) is 0 Å². The van der Waals surface area contributed by atoms with E-state index in [1.54, 1.807) is 0 Å². The maximum absolute atomic E-state index is 14.6. The standard InChI is InChI=1S/C30H32FN3O5/c1-17-5-3-4-6-23(17)27-24(28(39-33-27)18-7-8-18)16-38-22-14-20-10-11-21(15-22)34(20)30(36)32-26-12-9-19(13-25(26)31)29(35)37-2/h3-6,9,12-13,18,20-22H,7-8,10-11,14-16H2,1-2H3,(H,32,36). The van der Waals surface area contributed by atoms with Crippen LogP contribution in [-0.4, -0.2) is 47.4 Å². The minimum Gasteiger partial charge on any atom is -0.465 e. The lowest BCUT2D eigenvalue weighted by Crippen LogP contribution is -2.50. The van der Waals surface area contributed by atoms with Gasteiger partial charge in [-0.15, -0.1) is 0 Å². The van der Waals surface area contributed by atoms with Crippen LogP contribution in [-0.2, 0) is 16.1 Å². The zero-order valence-corrected chi connectivity index (χ0v) is 22.1. The van der Waals surface area contributed by atoms with E-state index in [2.05, 4.69) is 34.3 Å². The maximum atomic E-state index is 14.6. The Balaban J connectivity index is 1.12. The van der Waals surface area contributed by atoms with Crippen LogP contribution in [0.4, 0.5) is 14.9 Å². The van der Waals surface area contributed by atoms with Crippen molar-refractivity contribution in [3.05, 3.63) is 70.7 Å². The Labute approximate surface area is 226 Å². The van der Waals surface area contributed by atoms with Gasteiger partial charge < -0.3 is 24.2 Å². The number of halogens is 1. The number of benzene rings is 2. The number of fused-ring (bicyclic) bond motifs is 2. The summed E-state index contributed by atoms with van der Waals surface area (Å²) in [5.74, 6) is 0.0424. The van der Waals surface area contributed by atoms with E-state index in [4.69, 9.17) is 9.26 Å². The lowest BCUT2D eigenvalue weighted by molar-refractivity contribution is -0.0158. The summed E-state index contributed by atoms with van der Waals surface area (Å²) >= 11 is 0. The summed E-state index contributed by atoms with van der Waals surface area (Å²) in [7, 11) is 1.24. The third-order valence-corrected chi connectivity index (χ3v) is 8.19. The Morgan fingerprint density at radius 3 is 2.51 bits per heavy atom. The second-order valence-electron chi connectivity index (χ2n) is 10.8. The molecule has 3 fully saturated rings. The zero-order chi connectivity index (χ0) is 27.1. The van der Waals surface area contributed by atoms with Gasteiger partial charge in [0.05, 0.1) is 31.1 Å². The fourth-order valence-electron chi connectivity index (χ4n) is 6.02. The lowest BCUT2D eigenvalue weighted by atomic mass is 9.99. The van der Waals surface area contributed by atoms with Gasteiger partial charge in [-0.3, -0.25) is 0 Å². The minimum atomic E-state index is -0.679. The molecule has 1 aliphatic carbocycles. The van der Waals surface area contributed by atoms with E-state index >= 15 is 0 Å². The second-order valence-corrected chi connectivity index (χ2v) is 10.8. The van der Waals surface area contributed by atoms with Gasteiger partial charge in [0.2, 0.25) is 0 Å². The monoisotopic (exact) mass is 533 g/mol. The molecule has 8 nitrogen and oxygen atoms in total. The van der Waals surface area contributed by atoms with Crippen molar-refractivity contribution in [1.29, 1.82) is 0 Å². The predicted molar refractivity (Wildman–Crippen MR) is 142 cm³/mol. The molecule has 3 aliphatic rings. The molecule has 1 aromatic heterocycles. The number of ether oxygens (including phenoxy) is 2. The molecule has 1 N–H and O–H groups in total. The molecule has 9 heteroatoms. The fraction of sp³-hybridized carbons (Fsp3) is 0.433. The molecular weight excluding hydrogens is 501 g/mol. The molecule has 1 saturated carbocycles. The number of amides is 2. The summed E-state index contributed by atoms with van der Waals surface area (Å²) in [6, 6.07) is 11.8. The average Bonchev–Trinajstić information content (AvgIpc) is 3.64. The Morgan fingerprint density at radius 1 is 1.10 bits per heavy atom. The number of aryl methyl sites for hydroxylation is 1. The third kappa shape index (κ3) is 5.03. The fourth-order valence-corrected chi connectivity index (χ4v) is 6.02. The number of urea groups is 1. The van der Waals surface area contributed by atoms with Gasteiger partial charge in [0, 0.05) is 29.1 Å². The van der Waals surface area contributed by atoms with Crippen molar-refractivity contribution in [2.24, 2.45) is 0 Å². The van der Waals surface area contributed by atoms with Gasteiger partial charge in [0.1, 0.15) is 17.3 Å². The number of anilines is 1. The first-order valence-corrected chi connectivity index (χ1v) is 13.6. The molecule has 0 radical (unpaired) electrons. The van der Waals surface area contributed by atoms with E-state index < -0.39 is 11.8 Å². The molecule has 2 saturated heterocycles. The number of hydrogen-bond donors (Lipinski definition) is 1. The van der Waals surface area contributed by atoms with Crippen molar-refractivity contribution in [1.82, 2.24) is 10.1 Å². The van der Waals surface area contributed by atoms with Gasteiger partial charge in [-0.25, -0.2) is 14.0 Å². The van der Waals surface area contributed by atoms with Gasteiger partial charge in [-0.1, -0.05) is 29.4 Å². The quantitative estimate of drug-likeness (QED) is 0.364. The van der Waals surface area contributed by atoms with E-state index in [0.717, 1.165) is 72.7 Å². The van der Waals surface area contributed by atoms with E-state index in [9.17, 15) is 14.0 Å². The van der Waals surface area contributed by atoms with Gasteiger partial charge >= 0.3 is 12.0 Å². The van der Waals surface area contributed by atoms with Crippen LogP contribution in [0.25, 0.3) is 11.3 Å². The van der Waals surface area contributed by atoms with Crippen LogP contribution in [0.5, 0.6) is 0 Å². The SMILES string of the molecule is COC(=O)c1ccc(NC(=O)N2C3CCC2CC(OCc2c(-c4ccccc4C)noc2C2CC2)C3)c(F)c1.